The summed E-state index contributed by atoms with van der Waals surface area (Å²) in [6.07, 6.45) is 2.62. The third kappa shape index (κ3) is 5.30. The largest absolute Gasteiger partial charge is 0.385 e. The Morgan fingerprint density at radius 3 is 2.33 bits per heavy atom. The van der Waals surface area contributed by atoms with Gasteiger partial charge >= 0.3 is 0 Å². The van der Waals surface area contributed by atoms with E-state index in [9.17, 15) is 4.79 Å². The third-order valence-electron chi connectivity index (χ3n) is 3.41. The van der Waals surface area contributed by atoms with Crippen molar-refractivity contribution >= 4 is 11.6 Å². The lowest BCUT2D eigenvalue weighted by Crippen LogP contribution is -2.19. The Bertz CT molecular complexity index is 549. The molecular formula is C18H22N2O. The van der Waals surface area contributed by atoms with Gasteiger partial charge in [0.2, 0.25) is 5.91 Å². The normalized spacial score (nSPS) is 10.1. The van der Waals surface area contributed by atoms with Crippen LogP contribution < -0.4 is 10.6 Å². The van der Waals surface area contributed by atoms with Crippen LogP contribution in [0.25, 0.3) is 0 Å². The second-order valence-corrected chi connectivity index (χ2v) is 5.06. The highest BCUT2D eigenvalue weighted by molar-refractivity contribution is 5.78. The summed E-state index contributed by atoms with van der Waals surface area (Å²) in [5, 5.41) is 6.04. The maximum atomic E-state index is 11.3. The highest BCUT2D eigenvalue weighted by Crippen LogP contribution is 2.10. The monoisotopic (exact) mass is 282 g/mol. The van der Waals surface area contributed by atoms with Crippen LogP contribution in [0.15, 0.2) is 54.6 Å². The maximum Gasteiger partial charge on any atom is 0.224 e. The fourth-order valence-corrected chi connectivity index (χ4v) is 2.18. The summed E-state index contributed by atoms with van der Waals surface area (Å²) in [7, 11) is 1.66. The van der Waals surface area contributed by atoms with Gasteiger partial charge in [0, 0.05) is 19.3 Å². The minimum absolute atomic E-state index is 0.0403. The minimum Gasteiger partial charge on any atom is -0.385 e. The van der Waals surface area contributed by atoms with Crippen LogP contribution in [-0.2, 0) is 17.6 Å². The molecule has 3 heteroatoms. The highest BCUT2D eigenvalue weighted by Gasteiger charge is 2.00. The molecule has 2 aromatic rings. The van der Waals surface area contributed by atoms with Crippen molar-refractivity contribution in [1.29, 1.82) is 0 Å². The molecule has 0 spiro atoms. The first-order chi connectivity index (χ1) is 10.3. The van der Waals surface area contributed by atoms with Crippen LogP contribution >= 0.6 is 0 Å². The van der Waals surface area contributed by atoms with E-state index < -0.39 is 0 Å². The summed E-state index contributed by atoms with van der Waals surface area (Å²) in [5.41, 5.74) is 3.51. The SMILES string of the molecule is CNC(=O)Cc1ccc(NCCCc2ccccc2)cc1. The van der Waals surface area contributed by atoms with Gasteiger partial charge in [0.1, 0.15) is 0 Å². The van der Waals surface area contributed by atoms with E-state index in [0.717, 1.165) is 30.6 Å². The zero-order chi connectivity index (χ0) is 14.9. The summed E-state index contributed by atoms with van der Waals surface area (Å²) in [4.78, 5) is 11.3. The summed E-state index contributed by atoms with van der Waals surface area (Å²) in [5.74, 6) is 0.0403. The summed E-state index contributed by atoms with van der Waals surface area (Å²) >= 11 is 0. The van der Waals surface area contributed by atoms with E-state index in [0.29, 0.717) is 6.42 Å². The zero-order valence-electron chi connectivity index (χ0n) is 12.4. The molecule has 110 valence electrons. The van der Waals surface area contributed by atoms with Crippen molar-refractivity contribution in [2.24, 2.45) is 0 Å². The number of benzene rings is 2. The molecule has 0 aliphatic carbocycles. The minimum atomic E-state index is 0.0403. The Balaban J connectivity index is 1.72. The van der Waals surface area contributed by atoms with E-state index in [1.54, 1.807) is 7.05 Å². The molecule has 2 aromatic carbocycles. The first kappa shape index (κ1) is 15.1. The van der Waals surface area contributed by atoms with Crippen molar-refractivity contribution in [2.75, 3.05) is 18.9 Å². The van der Waals surface area contributed by atoms with Crippen LogP contribution in [0.3, 0.4) is 0 Å². The van der Waals surface area contributed by atoms with Crippen LogP contribution in [0.5, 0.6) is 0 Å². The van der Waals surface area contributed by atoms with Gasteiger partial charge in [-0.15, -0.1) is 0 Å². The van der Waals surface area contributed by atoms with Gasteiger partial charge in [-0.1, -0.05) is 42.5 Å². The van der Waals surface area contributed by atoms with Gasteiger partial charge < -0.3 is 10.6 Å². The summed E-state index contributed by atoms with van der Waals surface area (Å²) < 4.78 is 0. The standard InChI is InChI=1S/C18H22N2O/c1-19-18(21)14-16-9-11-17(12-10-16)20-13-5-8-15-6-3-2-4-7-15/h2-4,6-7,9-12,20H,5,8,13-14H2,1H3,(H,19,21). The Labute approximate surface area is 126 Å². The van der Waals surface area contributed by atoms with Crippen molar-refractivity contribution < 1.29 is 4.79 Å². The average molecular weight is 282 g/mol. The van der Waals surface area contributed by atoms with E-state index in [4.69, 9.17) is 0 Å². The van der Waals surface area contributed by atoms with Gasteiger partial charge in [-0.05, 0) is 36.1 Å². The number of carbonyl (C=O) groups excluding carboxylic acids is 1. The van der Waals surface area contributed by atoms with Crippen molar-refractivity contribution in [2.45, 2.75) is 19.3 Å². The Hall–Kier alpha value is -2.29. The number of carbonyl (C=O) groups is 1. The van der Waals surface area contributed by atoms with Crippen molar-refractivity contribution in [1.82, 2.24) is 5.32 Å². The molecule has 0 heterocycles. The van der Waals surface area contributed by atoms with Crippen molar-refractivity contribution in [3.63, 3.8) is 0 Å². The number of rotatable bonds is 7. The second kappa shape index (κ2) is 8.10. The van der Waals surface area contributed by atoms with E-state index in [-0.39, 0.29) is 5.91 Å². The molecule has 1 amide bonds. The summed E-state index contributed by atoms with van der Waals surface area (Å²) in [6, 6.07) is 18.6. The van der Waals surface area contributed by atoms with Gasteiger partial charge in [0.25, 0.3) is 0 Å². The smallest absolute Gasteiger partial charge is 0.224 e. The number of aryl methyl sites for hydroxylation is 1. The van der Waals surface area contributed by atoms with Gasteiger partial charge in [0.05, 0.1) is 6.42 Å². The Morgan fingerprint density at radius 1 is 0.952 bits per heavy atom. The first-order valence-electron chi connectivity index (χ1n) is 7.35. The number of hydrogen-bond acceptors (Lipinski definition) is 2. The number of anilines is 1. The fraction of sp³-hybridized carbons (Fsp3) is 0.278. The molecule has 2 N–H and O–H groups in total. The third-order valence-corrected chi connectivity index (χ3v) is 3.41. The van der Waals surface area contributed by atoms with Crippen LogP contribution in [0.2, 0.25) is 0 Å². The van der Waals surface area contributed by atoms with Crippen LogP contribution in [0, 0.1) is 0 Å². The van der Waals surface area contributed by atoms with Crippen LogP contribution in [-0.4, -0.2) is 19.5 Å². The number of likely N-dealkylation sites (N-methyl/N-ethyl adjacent to an activating group) is 1. The maximum absolute atomic E-state index is 11.3. The molecule has 0 saturated heterocycles. The zero-order valence-corrected chi connectivity index (χ0v) is 12.4. The molecule has 21 heavy (non-hydrogen) atoms. The molecule has 0 saturated carbocycles. The van der Waals surface area contributed by atoms with E-state index in [1.807, 2.05) is 30.3 Å². The summed E-state index contributed by atoms with van der Waals surface area (Å²) in [6.45, 7) is 0.948. The molecule has 0 radical (unpaired) electrons. The first-order valence-corrected chi connectivity index (χ1v) is 7.35. The van der Waals surface area contributed by atoms with Gasteiger partial charge in [0.15, 0.2) is 0 Å². The van der Waals surface area contributed by atoms with Gasteiger partial charge in [-0.25, -0.2) is 0 Å². The van der Waals surface area contributed by atoms with Gasteiger partial charge in [-0.2, -0.15) is 0 Å². The van der Waals surface area contributed by atoms with Crippen LogP contribution in [0.4, 0.5) is 5.69 Å². The quantitative estimate of drug-likeness (QED) is 0.766. The van der Waals surface area contributed by atoms with Crippen LogP contribution in [0.1, 0.15) is 17.5 Å². The lowest BCUT2D eigenvalue weighted by molar-refractivity contribution is -0.119. The Kier molecular flexibility index (Phi) is 5.83. The van der Waals surface area contributed by atoms with E-state index in [1.165, 1.54) is 5.56 Å². The molecule has 0 unspecified atom stereocenters. The topological polar surface area (TPSA) is 41.1 Å². The predicted molar refractivity (Wildman–Crippen MR) is 87.5 cm³/mol. The van der Waals surface area contributed by atoms with Crippen molar-refractivity contribution in [3.8, 4) is 0 Å². The molecule has 0 fully saturated rings. The molecule has 0 atom stereocenters. The van der Waals surface area contributed by atoms with E-state index in [2.05, 4.69) is 34.9 Å². The molecular weight excluding hydrogens is 260 g/mol. The fourth-order valence-electron chi connectivity index (χ4n) is 2.18. The second-order valence-electron chi connectivity index (χ2n) is 5.06. The molecule has 0 aromatic heterocycles. The predicted octanol–water partition coefficient (Wildman–Crippen LogP) is 3.02. The molecule has 0 bridgehead atoms. The molecule has 0 aliphatic heterocycles. The molecule has 3 nitrogen and oxygen atoms in total. The average Bonchev–Trinajstić information content (AvgIpc) is 2.54. The number of nitrogens with one attached hydrogen (secondary N) is 2. The molecule has 0 aliphatic rings. The number of amides is 1. The van der Waals surface area contributed by atoms with Crippen molar-refractivity contribution in [3.05, 3.63) is 65.7 Å². The lowest BCUT2D eigenvalue weighted by Gasteiger charge is -2.07. The van der Waals surface area contributed by atoms with Gasteiger partial charge in [-0.3, -0.25) is 4.79 Å². The Morgan fingerprint density at radius 2 is 1.67 bits per heavy atom. The van der Waals surface area contributed by atoms with E-state index >= 15 is 0 Å². The highest BCUT2D eigenvalue weighted by atomic mass is 16.1. The molecule has 2 rings (SSSR count). The lowest BCUT2D eigenvalue weighted by atomic mass is 10.1. The number of hydrogen-bond donors (Lipinski definition) is 2.